The molecule has 0 aromatic heterocycles. The summed E-state index contributed by atoms with van der Waals surface area (Å²) < 4.78 is 10.1. The number of methoxy groups -OCH3 is 2. The maximum Gasteiger partial charge on any atom is 0.330 e. The zero-order valence-electron chi connectivity index (χ0n) is 13.4. The Morgan fingerprint density at radius 2 is 1.95 bits per heavy atom. The largest absolute Gasteiger partial charge is 0.496 e. The minimum atomic E-state index is -0.341. The van der Waals surface area contributed by atoms with Crippen LogP contribution in [0.2, 0.25) is 0 Å². The first kappa shape index (κ1) is 16.1. The lowest BCUT2D eigenvalue weighted by molar-refractivity contribution is -0.134. The molecule has 0 bridgehead atoms. The van der Waals surface area contributed by atoms with E-state index in [1.807, 2.05) is 30.3 Å². The summed E-state index contributed by atoms with van der Waals surface area (Å²) in [5.41, 5.74) is 2.30. The number of hydrogen-bond acceptors (Lipinski definition) is 3. The van der Waals surface area contributed by atoms with Gasteiger partial charge in [0, 0.05) is 11.5 Å². The molecule has 22 heavy (non-hydrogen) atoms. The second-order valence-electron chi connectivity index (χ2n) is 5.15. The predicted octanol–water partition coefficient (Wildman–Crippen LogP) is 4.38. The second-order valence-corrected chi connectivity index (χ2v) is 5.15. The third-order valence-electron chi connectivity index (χ3n) is 3.77. The number of rotatable bonds is 6. The van der Waals surface area contributed by atoms with Gasteiger partial charge >= 0.3 is 5.97 Å². The average Bonchev–Trinajstić information content (AvgIpc) is 2.57. The van der Waals surface area contributed by atoms with Crippen molar-refractivity contribution in [3.05, 3.63) is 47.5 Å². The monoisotopic (exact) mass is 298 g/mol. The molecule has 3 nitrogen and oxygen atoms in total. The third kappa shape index (κ3) is 3.48. The minimum absolute atomic E-state index is 0.341. The molecule has 0 N–H and O–H groups in total. The van der Waals surface area contributed by atoms with Crippen LogP contribution in [0.4, 0.5) is 0 Å². The van der Waals surface area contributed by atoms with Crippen molar-refractivity contribution in [1.82, 2.24) is 0 Å². The van der Waals surface area contributed by atoms with Crippen molar-refractivity contribution >= 4 is 22.8 Å². The third-order valence-corrected chi connectivity index (χ3v) is 3.77. The molecule has 0 spiro atoms. The van der Waals surface area contributed by atoms with Crippen LogP contribution < -0.4 is 4.74 Å². The molecule has 116 valence electrons. The molecule has 0 aliphatic rings. The number of esters is 1. The highest BCUT2D eigenvalue weighted by molar-refractivity contribution is 5.95. The fraction of sp³-hybridized carbons (Fsp3) is 0.316. The van der Waals surface area contributed by atoms with Gasteiger partial charge in [0.25, 0.3) is 0 Å². The van der Waals surface area contributed by atoms with Gasteiger partial charge in [0.2, 0.25) is 0 Å². The van der Waals surface area contributed by atoms with Crippen molar-refractivity contribution in [2.24, 2.45) is 0 Å². The molecular formula is C19H22O3. The Bertz CT molecular complexity index is 686. The van der Waals surface area contributed by atoms with Gasteiger partial charge in [-0.3, -0.25) is 0 Å². The molecule has 0 fully saturated rings. The van der Waals surface area contributed by atoms with Crippen LogP contribution in [0.15, 0.2) is 36.4 Å². The lowest BCUT2D eigenvalue weighted by Crippen LogP contribution is -1.96. The molecule has 0 saturated heterocycles. The number of fused-ring (bicyclic) bond motifs is 1. The fourth-order valence-electron chi connectivity index (χ4n) is 2.60. The number of unbranched alkanes of at least 4 members (excludes halogenated alkanes) is 1. The smallest absolute Gasteiger partial charge is 0.330 e. The van der Waals surface area contributed by atoms with Crippen LogP contribution in [-0.4, -0.2) is 20.2 Å². The van der Waals surface area contributed by atoms with Crippen LogP contribution in [0.1, 0.15) is 30.9 Å². The second kappa shape index (κ2) is 7.64. The zero-order chi connectivity index (χ0) is 15.9. The Kier molecular flexibility index (Phi) is 5.59. The van der Waals surface area contributed by atoms with Crippen LogP contribution in [0.3, 0.4) is 0 Å². The number of carbonyl (C=O) groups excluding carboxylic acids is 1. The number of hydrogen-bond donors (Lipinski definition) is 0. The minimum Gasteiger partial charge on any atom is -0.496 e. The Labute approximate surface area is 131 Å². The van der Waals surface area contributed by atoms with Crippen LogP contribution in [0.5, 0.6) is 5.75 Å². The first-order valence-corrected chi connectivity index (χ1v) is 7.55. The molecule has 0 radical (unpaired) electrons. The van der Waals surface area contributed by atoms with Gasteiger partial charge in [0.15, 0.2) is 0 Å². The van der Waals surface area contributed by atoms with E-state index in [0.29, 0.717) is 0 Å². The van der Waals surface area contributed by atoms with Gasteiger partial charge in [0.05, 0.1) is 14.2 Å². The summed E-state index contributed by atoms with van der Waals surface area (Å²) in [6, 6.07) is 10.2. The van der Waals surface area contributed by atoms with E-state index in [-0.39, 0.29) is 5.97 Å². The molecule has 2 aromatic rings. The molecule has 0 aliphatic heterocycles. The van der Waals surface area contributed by atoms with Crippen molar-refractivity contribution in [1.29, 1.82) is 0 Å². The molecule has 2 rings (SSSR count). The van der Waals surface area contributed by atoms with Gasteiger partial charge < -0.3 is 9.47 Å². The average molecular weight is 298 g/mol. The summed E-state index contributed by atoms with van der Waals surface area (Å²) in [4.78, 5) is 11.3. The SMILES string of the molecule is CCCCc1c(C=CC(=O)OC)ccc2c(OC)cccc12. The van der Waals surface area contributed by atoms with Crippen molar-refractivity contribution < 1.29 is 14.3 Å². The number of benzene rings is 2. The van der Waals surface area contributed by atoms with Gasteiger partial charge in [-0.2, -0.15) is 0 Å². The number of carbonyl (C=O) groups is 1. The van der Waals surface area contributed by atoms with E-state index >= 15 is 0 Å². The molecule has 0 unspecified atom stereocenters. The van der Waals surface area contributed by atoms with Crippen LogP contribution in [0.25, 0.3) is 16.8 Å². The quantitative estimate of drug-likeness (QED) is 0.586. The summed E-state index contributed by atoms with van der Waals surface area (Å²) in [5.74, 6) is 0.533. The van der Waals surface area contributed by atoms with Gasteiger partial charge in [-0.05, 0) is 41.5 Å². The first-order valence-electron chi connectivity index (χ1n) is 7.55. The molecule has 3 heteroatoms. The number of aryl methyl sites for hydroxylation is 1. The lowest BCUT2D eigenvalue weighted by Gasteiger charge is -2.13. The molecule has 0 saturated carbocycles. The van der Waals surface area contributed by atoms with Crippen LogP contribution in [-0.2, 0) is 16.0 Å². The van der Waals surface area contributed by atoms with Gasteiger partial charge in [-0.25, -0.2) is 4.79 Å². The first-order chi connectivity index (χ1) is 10.7. The van der Waals surface area contributed by atoms with E-state index in [0.717, 1.165) is 36.0 Å². The summed E-state index contributed by atoms with van der Waals surface area (Å²) in [7, 11) is 3.07. The van der Waals surface area contributed by atoms with E-state index in [9.17, 15) is 4.79 Å². The highest BCUT2D eigenvalue weighted by Crippen LogP contribution is 2.31. The predicted molar refractivity (Wildman–Crippen MR) is 90.2 cm³/mol. The van der Waals surface area contributed by atoms with Crippen molar-refractivity contribution in [2.75, 3.05) is 14.2 Å². The van der Waals surface area contributed by atoms with Gasteiger partial charge in [0.1, 0.15) is 5.75 Å². The Morgan fingerprint density at radius 3 is 2.64 bits per heavy atom. The summed E-state index contributed by atoms with van der Waals surface area (Å²) in [6.45, 7) is 2.18. The molecule has 2 aromatic carbocycles. The summed E-state index contributed by atoms with van der Waals surface area (Å²) >= 11 is 0. The van der Waals surface area contributed by atoms with Crippen molar-refractivity contribution in [2.45, 2.75) is 26.2 Å². The fourth-order valence-corrected chi connectivity index (χ4v) is 2.60. The van der Waals surface area contributed by atoms with Crippen LogP contribution in [0, 0.1) is 0 Å². The maximum absolute atomic E-state index is 11.3. The maximum atomic E-state index is 11.3. The highest BCUT2D eigenvalue weighted by Gasteiger charge is 2.09. The normalized spacial score (nSPS) is 11.0. The Morgan fingerprint density at radius 1 is 1.14 bits per heavy atom. The summed E-state index contributed by atoms with van der Waals surface area (Å²) in [6.07, 6.45) is 6.50. The van der Waals surface area contributed by atoms with E-state index in [1.165, 1.54) is 24.1 Å². The summed E-state index contributed by atoms with van der Waals surface area (Å²) in [5, 5.41) is 2.28. The molecule has 0 amide bonds. The Balaban J connectivity index is 2.56. The molecule has 0 heterocycles. The lowest BCUT2D eigenvalue weighted by atomic mass is 9.94. The molecule has 0 atom stereocenters. The highest BCUT2D eigenvalue weighted by atomic mass is 16.5. The van der Waals surface area contributed by atoms with E-state index in [2.05, 4.69) is 17.7 Å². The van der Waals surface area contributed by atoms with E-state index in [4.69, 9.17) is 4.74 Å². The molecular weight excluding hydrogens is 276 g/mol. The Hall–Kier alpha value is -2.29. The number of ether oxygens (including phenoxy) is 2. The molecule has 0 aliphatic carbocycles. The van der Waals surface area contributed by atoms with Gasteiger partial charge in [-0.15, -0.1) is 0 Å². The van der Waals surface area contributed by atoms with E-state index in [1.54, 1.807) is 7.11 Å². The van der Waals surface area contributed by atoms with Crippen molar-refractivity contribution in [3.8, 4) is 5.75 Å². The zero-order valence-corrected chi connectivity index (χ0v) is 13.4. The topological polar surface area (TPSA) is 35.5 Å². The van der Waals surface area contributed by atoms with Gasteiger partial charge in [-0.1, -0.05) is 37.6 Å². The van der Waals surface area contributed by atoms with Crippen molar-refractivity contribution in [3.63, 3.8) is 0 Å². The van der Waals surface area contributed by atoms with E-state index < -0.39 is 0 Å². The van der Waals surface area contributed by atoms with Crippen LogP contribution >= 0.6 is 0 Å². The standard InChI is InChI=1S/C19H22O3/c1-4-5-7-15-14(11-13-19(20)22-3)10-12-17-16(15)8-6-9-18(17)21-2/h6,8-13H,4-5,7H2,1-3H3.